The van der Waals surface area contributed by atoms with E-state index in [-0.39, 0.29) is 23.1 Å². The zero-order valence-electron chi connectivity index (χ0n) is 52.7. The highest BCUT2D eigenvalue weighted by atomic mass is 35.5. The maximum absolute atomic E-state index is 11.4. The van der Waals surface area contributed by atoms with Crippen LogP contribution in [0, 0.1) is 41.9 Å². The van der Waals surface area contributed by atoms with Crippen molar-refractivity contribution in [2.45, 2.75) is 98.3 Å². The van der Waals surface area contributed by atoms with E-state index in [2.05, 4.69) is 120 Å². The van der Waals surface area contributed by atoms with Crippen molar-refractivity contribution in [3.05, 3.63) is 151 Å². The maximum atomic E-state index is 11.4. The number of sulfonamides is 2. The molecule has 2 saturated carbocycles. The van der Waals surface area contributed by atoms with E-state index in [4.69, 9.17) is 62.0 Å². The fourth-order valence-corrected chi connectivity index (χ4v) is 14.5. The summed E-state index contributed by atoms with van der Waals surface area (Å²) in [5, 5.41) is 70.4. The van der Waals surface area contributed by atoms with Crippen molar-refractivity contribution >= 4 is 147 Å². The van der Waals surface area contributed by atoms with Crippen molar-refractivity contribution < 1.29 is 19.7 Å². The molecule has 0 saturated heterocycles. The number of aromatic nitrogens is 16. The quantitative estimate of drug-likeness (QED) is 0.0336. The SMILES string of the molecule is C#Cc1cnc(-c2ccc(C(C)C#N)s2)nc1Nc1cc(C2CC2)[nH]n1.CC(C#N)c1ccc(-c2ncc(Cl)c(Nc3cc(C4CC4)[nH]n3)n2)s1.CC(C)c1cc(Nc2nc(-c3ccc(S(N)(=O)=O)s3)ncc2Cl)n[nH]1.Cc1cc(Nc2nc(-c3ccc(S(N)(=O)=O)s3)ncc2Cl)n[nH]1.[HH].[HH]. The molecular weight excluding hydrogens is 1440 g/mol. The summed E-state index contributed by atoms with van der Waals surface area (Å²) >= 11 is 23.5. The molecule has 12 N–H and O–H groups in total. The number of nitrogens with one attached hydrogen (secondary N) is 8. The molecular formula is C62H61Cl3N24O4S6. The minimum absolute atomic E-state index is 0. The van der Waals surface area contributed by atoms with Crippen molar-refractivity contribution in [2.75, 3.05) is 21.3 Å². The lowest BCUT2D eigenvalue weighted by molar-refractivity contribution is 0.598. The highest BCUT2D eigenvalue weighted by Gasteiger charge is 2.28. The number of aromatic amines is 4. The number of halogens is 3. The monoisotopic (exact) mass is 1500 g/mol. The molecule has 2 atom stereocenters. The number of thiophene rings is 4. The molecule has 0 spiro atoms. The van der Waals surface area contributed by atoms with Crippen LogP contribution in [-0.4, -0.2) is 97.5 Å². The second-order valence-corrected chi connectivity index (χ2v) is 31.7. The van der Waals surface area contributed by atoms with Crippen LogP contribution in [0.2, 0.25) is 15.1 Å². The van der Waals surface area contributed by atoms with Gasteiger partial charge in [0.2, 0.25) is 20.0 Å². The van der Waals surface area contributed by atoms with Crippen LogP contribution < -0.4 is 31.5 Å². The molecule has 14 rings (SSSR count). The minimum atomic E-state index is -3.76. The molecule has 2 fully saturated rings. The topological polar surface area (TPSA) is 434 Å². The summed E-state index contributed by atoms with van der Waals surface area (Å²) in [5.41, 5.74) is 4.71. The van der Waals surface area contributed by atoms with Crippen LogP contribution in [0.4, 0.5) is 46.5 Å². The van der Waals surface area contributed by atoms with Gasteiger partial charge in [-0.15, -0.1) is 51.8 Å². The summed E-state index contributed by atoms with van der Waals surface area (Å²) in [7, 11) is -7.50. The third kappa shape index (κ3) is 18.2. The second-order valence-electron chi connectivity index (χ2n) is 22.5. The zero-order chi connectivity index (χ0) is 70.3. The van der Waals surface area contributed by atoms with Crippen molar-refractivity contribution in [1.29, 1.82) is 10.5 Å². The van der Waals surface area contributed by atoms with Crippen LogP contribution in [-0.2, 0) is 20.0 Å². The average Bonchev–Trinajstić information content (AvgIpc) is 1.74. The van der Waals surface area contributed by atoms with E-state index in [0.717, 1.165) is 65.0 Å². The molecule has 0 amide bonds. The lowest BCUT2D eigenvalue weighted by Gasteiger charge is -2.06. The first-order valence-corrected chi connectivity index (χ1v) is 37.3. The molecule has 2 aliphatic carbocycles. The molecule has 2 unspecified atom stereocenters. The number of anilines is 8. The van der Waals surface area contributed by atoms with Crippen LogP contribution in [0.15, 0.2) is 106 Å². The van der Waals surface area contributed by atoms with Gasteiger partial charge in [-0.3, -0.25) is 20.4 Å². The van der Waals surface area contributed by atoms with Gasteiger partial charge in [-0.2, -0.15) is 30.9 Å². The molecule has 0 radical (unpaired) electrons. The highest BCUT2D eigenvalue weighted by Crippen LogP contribution is 2.42. The number of hydrogen-bond donors (Lipinski definition) is 10. The number of terminal acetylenes is 1. The fraction of sp³-hybridized carbons (Fsp3) is 0.226. The molecule has 510 valence electrons. The molecule has 12 heterocycles. The van der Waals surface area contributed by atoms with Gasteiger partial charge in [0.05, 0.1) is 67.6 Å². The van der Waals surface area contributed by atoms with Gasteiger partial charge in [-0.05, 0) is 101 Å². The molecule has 99 heavy (non-hydrogen) atoms. The lowest BCUT2D eigenvalue weighted by Crippen LogP contribution is -2.09. The number of nitriles is 2. The van der Waals surface area contributed by atoms with Crippen molar-refractivity contribution in [1.82, 2.24) is 80.7 Å². The standard InChI is InChI=1S/C19H16N6S.C17H15ClN6S.C14H15ClN6O2S2.C12H11ClN6O2S2.2H2/c1-3-12-10-21-19(16-7-6-15(26-16)11(2)9-20)23-18(12)22-17-8-14(24-25-17)13-4-5-13;1-9(7-19)13-4-5-14(25-13)17-20-8-11(18)16(22-17)21-15-6-12(23-24-15)10-2-3-10;1-7(2)9-5-11(21-20-9)18-13-8(15)6-17-14(19-13)10-3-4-12(24-10)25(16,22)23;1-6-4-9(19-18-6)16-11-7(13)5-15-12(17-11)8-2-3-10(22-8)23(14,20)21;;/h1,6-8,10-11,13H,4-5H2,2H3,(H2,21,22,23,24,25);4-6,8-10H,2-3H2,1H3,(H2,20,21,22,23,24);3-7H,1-2H3,(H2,16,22,23)(H2,17,18,19,20,21);2-5H,1H3,(H2,14,20,21)(H2,15,16,17,18,19);2*1H. The largest absolute Gasteiger partial charge is 0.322 e. The Hall–Kier alpha value is -9.61. The van der Waals surface area contributed by atoms with E-state index in [1.807, 2.05) is 77.1 Å². The van der Waals surface area contributed by atoms with Crippen LogP contribution in [0.25, 0.3) is 42.8 Å². The Labute approximate surface area is 601 Å². The lowest BCUT2D eigenvalue weighted by atomic mass is 10.1. The Bertz CT molecular complexity index is 5270. The molecule has 12 aromatic heterocycles. The Morgan fingerprint density at radius 1 is 0.525 bits per heavy atom. The average molecular weight is 1510 g/mol. The van der Waals surface area contributed by atoms with Gasteiger partial charge in [0.25, 0.3) is 0 Å². The first-order chi connectivity index (χ1) is 47.4. The number of hydrogen-bond acceptors (Lipinski definition) is 26. The van der Waals surface area contributed by atoms with Crippen molar-refractivity contribution in [3.63, 3.8) is 0 Å². The van der Waals surface area contributed by atoms with Crippen LogP contribution in [0.3, 0.4) is 0 Å². The van der Waals surface area contributed by atoms with Gasteiger partial charge in [-0.1, -0.05) is 54.6 Å². The summed E-state index contributed by atoms with van der Waals surface area (Å²) in [5.74, 6) is 9.97. The number of primary sulfonamides is 2. The first kappa shape index (κ1) is 70.7. The summed E-state index contributed by atoms with van der Waals surface area (Å²) in [6.07, 6.45) is 16.5. The van der Waals surface area contributed by atoms with Crippen LogP contribution in [0.1, 0.15) is 124 Å². The van der Waals surface area contributed by atoms with Crippen LogP contribution >= 0.6 is 80.1 Å². The van der Waals surface area contributed by atoms with Gasteiger partial charge in [0.1, 0.15) is 23.5 Å². The molecule has 0 aliphatic heterocycles. The van der Waals surface area contributed by atoms with Gasteiger partial charge in [-0.25, -0.2) is 67.0 Å². The molecule has 0 aromatic carbocycles. The highest BCUT2D eigenvalue weighted by molar-refractivity contribution is 7.91. The zero-order valence-corrected chi connectivity index (χ0v) is 59.8. The van der Waals surface area contributed by atoms with Crippen LogP contribution in [0.5, 0.6) is 0 Å². The number of nitrogens with two attached hydrogens (primary N) is 2. The molecule has 37 heteroatoms. The predicted octanol–water partition coefficient (Wildman–Crippen LogP) is 14.9. The van der Waals surface area contributed by atoms with Gasteiger partial charge in [0, 0.05) is 77.7 Å². The van der Waals surface area contributed by atoms with E-state index < -0.39 is 20.0 Å². The fourth-order valence-electron chi connectivity index (χ4n) is 8.82. The van der Waals surface area contributed by atoms with E-state index in [0.29, 0.717) is 118 Å². The summed E-state index contributed by atoms with van der Waals surface area (Å²) in [6.45, 7) is 9.71. The third-order valence-corrected chi connectivity index (χ3v) is 22.8. The van der Waals surface area contributed by atoms with Gasteiger partial charge >= 0.3 is 0 Å². The molecule has 2 aliphatic rings. The number of rotatable bonds is 19. The maximum Gasteiger partial charge on any atom is 0.247 e. The third-order valence-electron chi connectivity index (χ3n) is 14.4. The number of nitrogens with zero attached hydrogens (tertiary/aromatic N) is 14. The predicted molar refractivity (Wildman–Crippen MR) is 390 cm³/mol. The van der Waals surface area contributed by atoms with Crippen molar-refractivity contribution in [2.24, 2.45) is 10.3 Å². The Kier molecular flexibility index (Phi) is 21.9. The van der Waals surface area contributed by atoms with E-state index in [9.17, 15) is 16.8 Å². The minimum Gasteiger partial charge on any atom is -0.322 e. The second kappa shape index (κ2) is 30.7. The molecule has 28 nitrogen and oxygen atoms in total. The summed E-state index contributed by atoms with van der Waals surface area (Å²) in [4.78, 5) is 39.6. The van der Waals surface area contributed by atoms with Gasteiger partial charge < -0.3 is 21.3 Å². The van der Waals surface area contributed by atoms with E-state index >= 15 is 0 Å². The normalized spacial score (nSPS) is 13.3. The smallest absolute Gasteiger partial charge is 0.247 e. The summed E-state index contributed by atoms with van der Waals surface area (Å²) in [6, 6.07) is 25.9. The number of aryl methyl sites for hydroxylation is 1. The number of H-pyrrole nitrogens is 4. The molecule has 0 bridgehead atoms. The first-order valence-electron chi connectivity index (χ1n) is 29.8. The molecule has 12 aromatic rings. The Morgan fingerprint density at radius 2 is 0.889 bits per heavy atom. The van der Waals surface area contributed by atoms with Gasteiger partial charge in [0.15, 0.2) is 69.8 Å². The summed E-state index contributed by atoms with van der Waals surface area (Å²) < 4.78 is 45.6. The van der Waals surface area contributed by atoms with Crippen molar-refractivity contribution in [3.8, 4) is 67.3 Å². The Balaban J connectivity index is 0.000000156. The Morgan fingerprint density at radius 3 is 1.25 bits per heavy atom. The van der Waals surface area contributed by atoms with E-state index in [1.165, 1.54) is 72.9 Å². The van der Waals surface area contributed by atoms with E-state index in [1.54, 1.807) is 30.6 Å².